The van der Waals surface area contributed by atoms with Gasteiger partial charge >= 0.3 is 6.18 Å². The highest BCUT2D eigenvalue weighted by Gasteiger charge is 2.36. The molecule has 1 saturated heterocycles. The van der Waals surface area contributed by atoms with E-state index in [9.17, 15) is 18.0 Å². The van der Waals surface area contributed by atoms with Gasteiger partial charge in [-0.3, -0.25) is 9.89 Å². The molecule has 6 nitrogen and oxygen atoms in total. The van der Waals surface area contributed by atoms with Crippen molar-refractivity contribution in [2.45, 2.75) is 32.0 Å². The number of ether oxygens (including phenoxy) is 1. The number of halogens is 3. The van der Waals surface area contributed by atoms with Crippen molar-refractivity contribution < 1.29 is 22.7 Å². The maximum atomic E-state index is 12.3. The first-order valence-corrected chi connectivity index (χ1v) is 6.28. The zero-order valence-electron chi connectivity index (χ0n) is 10.7. The molecule has 0 radical (unpaired) electrons. The molecule has 0 saturated carbocycles. The third-order valence-electron chi connectivity index (χ3n) is 2.97. The summed E-state index contributed by atoms with van der Waals surface area (Å²) < 4.78 is 42.0. The molecule has 1 aromatic heterocycles. The first kappa shape index (κ1) is 14.8. The van der Waals surface area contributed by atoms with Gasteiger partial charge in [0.15, 0.2) is 0 Å². The maximum Gasteiger partial charge on any atom is 0.453 e. The van der Waals surface area contributed by atoms with Crippen LogP contribution in [0.15, 0.2) is 0 Å². The third kappa shape index (κ3) is 4.19. The van der Waals surface area contributed by atoms with Crippen LogP contribution < -0.4 is 5.32 Å². The lowest BCUT2D eigenvalue weighted by Gasteiger charge is -2.21. The fraction of sp³-hybridized carbons (Fsp3) is 0.727. The number of carbonyl (C=O) groups is 1. The average molecular weight is 292 g/mol. The van der Waals surface area contributed by atoms with Crippen LogP contribution in [-0.4, -0.2) is 34.3 Å². The van der Waals surface area contributed by atoms with Crippen molar-refractivity contribution in [3.8, 4) is 0 Å². The smallest absolute Gasteiger partial charge is 0.381 e. The van der Waals surface area contributed by atoms with E-state index in [-0.39, 0.29) is 24.2 Å². The molecule has 9 heteroatoms. The molecule has 0 aromatic carbocycles. The minimum Gasteiger partial charge on any atom is -0.381 e. The molecular weight excluding hydrogens is 277 g/mol. The van der Waals surface area contributed by atoms with E-state index in [4.69, 9.17) is 4.74 Å². The van der Waals surface area contributed by atoms with Crippen molar-refractivity contribution in [3.63, 3.8) is 0 Å². The number of nitrogens with zero attached hydrogens (tertiary/aromatic N) is 2. The Morgan fingerprint density at radius 1 is 1.50 bits per heavy atom. The molecule has 1 aromatic rings. The molecule has 0 spiro atoms. The summed E-state index contributed by atoms with van der Waals surface area (Å²) in [5, 5.41) is 7.71. The number of carbonyl (C=O) groups excluding carboxylic acids is 1. The molecule has 1 amide bonds. The van der Waals surface area contributed by atoms with Gasteiger partial charge in [0.1, 0.15) is 5.82 Å². The highest BCUT2D eigenvalue weighted by atomic mass is 19.4. The second-order valence-corrected chi connectivity index (χ2v) is 4.67. The van der Waals surface area contributed by atoms with Gasteiger partial charge in [0.05, 0.1) is 6.54 Å². The van der Waals surface area contributed by atoms with E-state index in [0.29, 0.717) is 13.0 Å². The highest BCUT2D eigenvalue weighted by Crippen LogP contribution is 2.25. The monoisotopic (exact) mass is 292 g/mol. The van der Waals surface area contributed by atoms with E-state index in [1.807, 2.05) is 0 Å². The van der Waals surface area contributed by atoms with E-state index < -0.39 is 12.0 Å². The molecular formula is C11H15F3N4O2. The lowest BCUT2D eigenvalue weighted by molar-refractivity contribution is -0.144. The summed E-state index contributed by atoms with van der Waals surface area (Å²) in [7, 11) is 0. The van der Waals surface area contributed by atoms with Crippen LogP contribution in [0.3, 0.4) is 0 Å². The van der Waals surface area contributed by atoms with Gasteiger partial charge in [-0.25, -0.2) is 4.98 Å². The number of rotatable bonds is 4. The Kier molecular flexibility index (Phi) is 4.58. The van der Waals surface area contributed by atoms with Crippen molar-refractivity contribution >= 4 is 5.91 Å². The van der Waals surface area contributed by atoms with Gasteiger partial charge in [-0.15, -0.1) is 5.10 Å². The molecule has 2 rings (SSSR count). The quantitative estimate of drug-likeness (QED) is 0.875. The fourth-order valence-electron chi connectivity index (χ4n) is 1.99. The number of hydrogen-bond acceptors (Lipinski definition) is 4. The van der Waals surface area contributed by atoms with Crippen LogP contribution in [0.4, 0.5) is 13.2 Å². The van der Waals surface area contributed by atoms with Gasteiger partial charge in [-0.1, -0.05) is 0 Å². The first-order chi connectivity index (χ1) is 9.45. The molecule has 112 valence electrons. The topological polar surface area (TPSA) is 79.9 Å². The van der Waals surface area contributed by atoms with Crippen molar-refractivity contribution in [1.82, 2.24) is 20.5 Å². The summed E-state index contributed by atoms with van der Waals surface area (Å²) in [6, 6.07) is 0. The van der Waals surface area contributed by atoms with Crippen molar-refractivity contribution in [2.75, 3.05) is 13.2 Å². The molecule has 1 atom stereocenters. The van der Waals surface area contributed by atoms with E-state index >= 15 is 0 Å². The lowest BCUT2D eigenvalue weighted by Crippen LogP contribution is -2.28. The van der Waals surface area contributed by atoms with E-state index in [2.05, 4.69) is 20.5 Å². The summed E-state index contributed by atoms with van der Waals surface area (Å²) in [6.45, 7) is 1.17. The summed E-state index contributed by atoms with van der Waals surface area (Å²) in [5.41, 5.74) is 0. The van der Waals surface area contributed by atoms with E-state index in [0.717, 1.165) is 19.4 Å². The molecule has 1 unspecified atom stereocenters. The van der Waals surface area contributed by atoms with E-state index in [1.54, 1.807) is 0 Å². The van der Waals surface area contributed by atoms with Crippen LogP contribution in [0.2, 0.25) is 0 Å². The number of hydrogen-bond donors (Lipinski definition) is 2. The minimum absolute atomic E-state index is 0.0226. The zero-order chi connectivity index (χ0) is 14.6. The summed E-state index contributed by atoms with van der Waals surface area (Å²) >= 11 is 0. The summed E-state index contributed by atoms with van der Waals surface area (Å²) in [4.78, 5) is 14.9. The van der Waals surface area contributed by atoms with E-state index in [1.165, 1.54) is 0 Å². The Labute approximate surface area is 113 Å². The highest BCUT2D eigenvalue weighted by molar-refractivity contribution is 5.76. The van der Waals surface area contributed by atoms with Crippen LogP contribution in [0.1, 0.15) is 30.9 Å². The van der Waals surface area contributed by atoms with Crippen LogP contribution in [-0.2, 0) is 22.3 Å². The lowest BCUT2D eigenvalue weighted by atomic mass is 9.98. The number of nitrogens with one attached hydrogen (secondary N) is 2. The molecule has 1 aliphatic heterocycles. The van der Waals surface area contributed by atoms with Crippen LogP contribution in [0, 0.1) is 5.92 Å². The Morgan fingerprint density at radius 2 is 2.30 bits per heavy atom. The SMILES string of the molecule is O=C(CC1CCCOC1)NCc1nc(C(F)(F)F)n[nH]1. The van der Waals surface area contributed by atoms with Crippen molar-refractivity contribution in [3.05, 3.63) is 11.6 Å². The van der Waals surface area contributed by atoms with Crippen LogP contribution in [0.5, 0.6) is 0 Å². The standard InChI is InChI=1S/C11H15F3N4O2/c12-11(13,14)10-16-8(17-18-10)5-15-9(19)4-7-2-1-3-20-6-7/h7H,1-6H2,(H,15,19)(H,16,17,18). The normalized spacial score (nSPS) is 19.9. The van der Waals surface area contributed by atoms with Gasteiger partial charge in [0.2, 0.25) is 5.91 Å². The Bertz CT molecular complexity index is 455. The Balaban J connectivity index is 1.76. The largest absolute Gasteiger partial charge is 0.453 e. The number of H-pyrrole nitrogens is 1. The zero-order valence-corrected chi connectivity index (χ0v) is 10.7. The second-order valence-electron chi connectivity index (χ2n) is 4.67. The van der Waals surface area contributed by atoms with Gasteiger partial charge in [0.25, 0.3) is 5.82 Å². The predicted octanol–water partition coefficient (Wildman–Crippen LogP) is 1.26. The average Bonchev–Trinajstić information content (AvgIpc) is 2.86. The molecule has 1 aliphatic rings. The fourth-order valence-corrected chi connectivity index (χ4v) is 1.99. The number of aromatic amines is 1. The maximum absolute atomic E-state index is 12.3. The molecule has 2 N–H and O–H groups in total. The van der Waals surface area contributed by atoms with Crippen LogP contribution in [0.25, 0.3) is 0 Å². The predicted molar refractivity (Wildman–Crippen MR) is 61.4 cm³/mol. The number of amides is 1. The molecule has 1 fully saturated rings. The first-order valence-electron chi connectivity index (χ1n) is 6.28. The summed E-state index contributed by atoms with van der Waals surface area (Å²) in [5.74, 6) is -1.32. The Hall–Kier alpha value is -1.64. The number of aromatic nitrogens is 3. The van der Waals surface area contributed by atoms with Gasteiger partial charge in [-0.2, -0.15) is 13.2 Å². The second kappa shape index (κ2) is 6.21. The van der Waals surface area contributed by atoms with Crippen LogP contribution >= 0.6 is 0 Å². The molecule has 20 heavy (non-hydrogen) atoms. The Morgan fingerprint density at radius 3 is 2.90 bits per heavy atom. The van der Waals surface area contributed by atoms with Crippen molar-refractivity contribution in [2.24, 2.45) is 5.92 Å². The molecule has 0 aliphatic carbocycles. The summed E-state index contributed by atoms with van der Waals surface area (Å²) in [6.07, 6.45) is -2.43. The minimum atomic E-state index is -4.59. The van der Waals surface area contributed by atoms with Gasteiger partial charge < -0.3 is 10.1 Å². The van der Waals surface area contributed by atoms with Crippen molar-refractivity contribution in [1.29, 1.82) is 0 Å². The van der Waals surface area contributed by atoms with Gasteiger partial charge in [0, 0.05) is 19.6 Å². The molecule has 2 heterocycles. The van der Waals surface area contributed by atoms with Gasteiger partial charge in [-0.05, 0) is 18.8 Å². The third-order valence-corrected chi connectivity index (χ3v) is 2.97. The molecule has 0 bridgehead atoms. The number of alkyl halides is 3.